The summed E-state index contributed by atoms with van der Waals surface area (Å²) in [5.41, 5.74) is 0.235. The molecule has 4 heterocycles. The van der Waals surface area contributed by atoms with Gasteiger partial charge in [0.1, 0.15) is 23.2 Å². The number of nitrogens with zero attached hydrogens (tertiary/aromatic N) is 3. The Morgan fingerprint density at radius 1 is 1.11 bits per heavy atom. The lowest BCUT2D eigenvalue weighted by Gasteiger charge is -2.49. The highest BCUT2D eigenvalue weighted by atomic mass is 32.2. The maximum Gasteiger partial charge on any atom is 0.354 e. The number of thioether (sulfide) groups is 1. The second-order valence-corrected chi connectivity index (χ2v) is 12.9. The molecular weight excluding hydrogens is 644 g/mol. The topological polar surface area (TPSA) is 243 Å². The Morgan fingerprint density at radius 2 is 1.80 bits per heavy atom. The fourth-order valence-corrected chi connectivity index (χ4v) is 6.86. The number of fused-ring (bicyclic) bond motifs is 1. The Kier molecular flexibility index (Phi) is 9.22. The second kappa shape index (κ2) is 13.1. The van der Waals surface area contributed by atoms with Crippen LogP contribution < -0.4 is 15.2 Å². The van der Waals surface area contributed by atoms with E-state index in [9.17, 15) is 47.2 Å². The zero-order valence-electron chi connectivity index (χ0n) is 23.7. The molecule has 1 fully saturated rings. The lowest BCUT2D eigenvalue weighted by Crippen LogP contribution is -2.71. The van der Waals surface area contributed by atoms with E-state index in [0.717, 1.165) is 11.2 Å². The van der Waals surface area contributed by atoms with Crippen LogP contribution in [0.3, 0.4) is 0 Å². The number of imidazole rings is 1. The number of aliphatic carboxylic acids is 1. The number of H-pyrrole nitrogens is 1. The van der Waals surface area contributed by atoms with Gasteiger partial charge in [-0.1, -0.05) is 30.3 Å². The van der Waals surface area contributed by atoms with Crippen molar-refractivity contribution in [2.24, 2.45) is 0 Å². The van der Waals surface area contributed by atoms with Crippen molar-refractivity contribution in [3.8, 4) is 0 Å². The van der Waals surface area contributed by atoms with Crippen LogP contribution in [-0.4, -0.2) is 90.6 Å². The predicted octanol–water partition coefficient (Wildman–Crippen LogP) is -0.607. The standard InChI is InChI=1S/C28H26N6O10S2/c35-23(18(16-4-2-1-3-5-16)31-24(36)19-20(27(38)39)30-14-29-19)32-21-25(37)34-22(28(40)41)17(13-45-26(21)34)12-33-9-6-15(7-10-33)8-11-46(42,43)44/h1-7,9-10,14,18,21,26H,8,11-13H2,(H5-,29,30,31,32,35,36,38,39,40,41,42,43,44)/t18?,21-,26-/m0/s1. The van der Waals surface area contributed by atoms with Crippen LogP contribution in [0.1, 0.15) is 38.1 Å². The van der Waals surface area contributed by atoms with Crippen molar-refractivity contribution >= 4 is 51.5 Å². The first-order chi connectivity index (χ1) is 21.8. The highest BCUT2D eigenvalue weighted by molar-refractivity contribution is 8.00. The number of aromatic carboxylic acids is 1. The predicted molar refractivity (Wildman–Crippen MR) is 157 cm³/mol. The van der Waals surface area contributed by atoms with Gasteiger partial charge >= 0.3 is 11.9 Å². The van der Waals surface area contributed by atoms with Gasteiger partial charge in [0, 0.05) is 29.2 Å². The van der Waals surface area contributed by atoms with E-state index in [0.29, 0.717) is 16.7 Å². The molecule has 2 aliphatic heterocycles. The minimum Gasteiger partial charge on any atom is -0.748 e. The number of rotatable bonds is 12. The number of benzene rings is 1. The number of hydrogen-bond donors (Lipinski definition) is 5. The molecule has 3 atom stereocenters. The van der Waals surface area contributed by atoms with E-state index >= 15 is 0 Å². The third-order valence-corrected chi connectivity index (χ3v) is 9.30. The summed E-state index contributed by atoms with van der Waals surface area (Å²) in [5, 5.41) is 23.7. The highest BCUT2D eigenvalue weighted by Gasteiger charge is 2.55. The average molecular weight is 671 g/mol. The minimum absolute atomic E-state index is 0.0316. The maximum atomic E-state index is 13.5. The van der Waals surface area contributed by atoms with Crippen LogP contribution in [0, 0.1) is 0 Å². The smallest absolute Gasteiger partial charge is 0.354 e. The molecule has 0 spiro atoms. The van der Waals surface area contributed by atoms with Crippen molar-refractivity contribution in [3.63, 3.8) is 0 Å². The first kappa shape index (κ1) is 32.3. The molecular formula is C28H26N6O10S2. The number of hydrogen-bond acceptors (Lipinski definition) is 10. The quantitative estimate of drug-likeness (QED) is 0.0921. The monoisotopic (exact) mass is 670 g/mol. The molecule has 1 unspecified atom stereocenters. The third kappa shape index (κ3) is 6.93. The van der Waals surface area contributed by atoms with Crippen molar-refractivity contribution in [2.45, 2.75) is 30.4 Å². The van der Waals surface area contributed by atoms with Crippen molar-refractivity contribution < 1.29 is 51.7 Å². The molecule has 1 saturated heterocycles. The zero-order valence-corrected chi connectivity index (χ0v) is 25.3. The number of carboxylic acid groups (broad SMARTS) is 2. The van der Waals surface area contributed by atoms with Crippen LogP contribution in [0.5, 0.6) is 0 Å². The number of amides is 3. The maximum absolute atomic E-state index is 13.5. The van der Waals surface area contributed by atoms with Gasteiger partial charge in [0.05, 0.1) is 16.4 Å². The van der Waals surface area contributed by atoms with E-state index in [1.54, 1.807) is 59.4 Å². The molecule has 0 bridgehead atoms. The molecule has 2 aliphatic rings. The van der Waals surface area contributed by atoms with E-state index in [4.69, 9.17) is 0 Å². The van der Waals surface area contributed by atoms with Gasteiger partial charge in [-0.15, -0.1) is 11.8 Å². The Morgan fingerprint density at radius 3 is 2.43 bits per heavy atom. The van der Waals surface area contributed by atoms with Crippen LogP contribution >= 0.6 is 11.8 Å². The summed E-state index contributed by atoms with van der Waals surface area (Å²) in [6.45, 7) is 0.107. The Balaban J connectivity index is 1.31. The number of aromatic nitrogens is 3. The fraction of sp³-hybridized carbons (Fsp3) is 0.250. The molecule has 0 aliphatic carbocycles. The summed E-state index contributed by atoms with van der Waals surface area (Å²) in [6, 6.07) is 8.83. The van der Waals surface area contributed by atoms with Gasteiger partial charge in [-0.2, -0.15) is 0 Å². The van der Waals surface area contributed by atoms with Crippen molar-refractivity contribution in [1.82, 2.24) is 25.5 Å². The first-order valence-corrected chi connectivity index (χ1v) is 16.2. The van der Waals surface area contributed by atoms with Crippen LogP contribution in [0.25, 0.3) is 0 Å². The van der Waals surface area contributed by atoms with Crippen LogP contribution in [0.4, 0.5) is 0 Å². The average Bonchev–Trinajstić information content (AvgIpc) is 3.52. The normalized spacial score (nSPS) is 18.3. The van der Waals surface area contributed by atoms with E-state index in [1.165, 1.54) is 11.8 Å². The Hall–Kier alpha value is -5.07. The van der Waals surface area contributed by atoms with Crippen LogP contribution in [0.15, 0.2) is 72.5 Å². The van der Waals surface area contributed by atoms with Gasteiger partial charge in [0.25, 0.3) is 11.8 Å². The Bertz CT molecular complexity index is 1840. The third-order valence-electron chi connectivity index (χ3n) is 7.26. The molecule has 46 heavy (non-hydrogen) atoms. The summed E-state index contributed by atoms with van der Waals surface area (Å²) >= 11 is 1.24. The van der Waals surface area contributed by atoms with E-state index < -0.39 is 74.4 Å². The summed E-state index contributed by atoms with van der Waals surface area (Å²) in [5.74, 6) is -5.50. The molecule has 0 radical (unpaired) electrons. The molecule has 5 N–H and O–H groups in total. The zero-order chi connectivity index (χ0) is 33.2. The minimum atomic E-state index is -4.37. The van der Waals surface area contributed by atoms with Gasteiger partial charge < -0.3 is 30.4 Å². The van der Waals surface area contributed by atoms with Gasteiger partial charge in [-0.05, 0) is 17.5 Å². The number of aromatic amines is 1. The molecule has 3 amide bonds. The second-order valence-electron chi connectivity index (χ2n) is 10.3. The van der Waals surface area contributed by atoms with Gasteiger partial charge in [-0.3, -0.25) is 19.3 Å². The van der Waals surface area contributed by atoms with Crippen LogP contribution in [0.2, 0.25) is 0 Å². The summed E-state index contributed by atoms with van der Waals surface area (Å²) in [4.78, 5) is 70.7. The molecule has 5 rings (SSSR count). The molecule has 3 aromatic rings. The fourth-order valence-electron chi connectivity index (χ4n) is 5.04. The van der Waals surface area contributed by atoms with E-state index in [1.807, 2.05) is 0 Å². The Labute approximate surface area is 265 Å². The number of aryl methyl sites for hydroxylation is 1. The van der Waals surface area contributed by atoms with Gasteiger partial charge in [-0.25, -0.2) is 27.6 Å². The lowest BCUT2D eigenvalue weighted by molar-refractivity contribution is -0.689. The number of β-lactam (4-membered cyclic amide) rings is 1. The molecule has 16 nitrogen and oxygen atoms in total. The van der Waals surface area contributed by atoms with Crippen molar-refractivity contribution in [3.05, 3.63) is 95.0 Å². The number of pyridine rings is 1. The summed E-state index contributed by atoms with van der Waals surface area (Å²) in [6.07, 6.45) is 4.28. The van der Waals surface area contributed by atoms with Crippen molar-refractivity contribution in [2.75, 3.05) is 11.5 Å². The number of carbonyl (C=O) groups is 5. The van der Waals surface area contributed by atoms with E-state index in [-0.39, 0.29) is 24.4 Å². The van der Waals surface area contributed by atoms with Gasteiger partial charge in [0.15, 0.2) is 30.3 Å². The molecule has 18 heteroatoms. The van der Waals surface area contributed by atoms with Crippen LogP contribution in [-0.2, 0) is 37.5 Å². The van der Waals surface area contributed by atoms with E-state index in [2.05, 4.69) is 20.6 Å². The number of carboxylic acids is 2. The summed E-state index contributed by atoms with van der Waals surface area (Å²) in [7, 11) is -4.37. The van der Waals surface area contributed by atoms with Gasteiger partial charge in [0.2, 0.25) is 5.91 Å². The molecule has 2 aromatic heterocycles. The SMILES string of the molecule is O=C(O)C1=C(C[n+]2ccc(CCS(=O)(=O)[O-])cc2)CS[C@H]2[C@@H](NC(=O)C(NC(=O)c3nc[nH]c3C(=O)O)c3ccccc3)C(=O)N12. The summed E-state index contributed by atoms with van der Waals surface area (Å²) < 4.78 is 34.4. The molecule has 240 valence electrons. The molecule has 1 aromatic carbocycles. The molecule has 0 saturated carbocycles. The number of carbonyl (C=O) groups excluding carboxylic acids is 3. The largest absolute Gasteiger partial charge is 0.748 e. The lowest BCUT2D eigenvalue weighted by atomic mass is 10.0. The first-order valence-electron chi connectivity index (χ1n) is 13.6. The number of nitrogens with one attached hydrogen (secondary N) is 3. The van der Waals surface area contributed by atoms with Crippen molar-refractivity contribution in [1.29, 1.82) is 0 Å². The highest BCUT2D eigenvalue weighted by Crippen LogP contribution is 2.40.